The number of thioether (sulfide) groups is 1. The van der Waals surface area contributed by atoms with Crippen molar-refractivity contribution >= 4 is 23.6 Å². The van der Waals surface area contributed by atoms with Gasteiger partial charge in [0, 0.05) is 11.4 Å². The first-order chi connectivity index (χ1) is 15.5. The van der Waals surface area contributed by atoms with Crippen molar-refractivity contribution in [3.8, 4) is 0 Å². The lowest BCUT2D eigenvalue weighted by atomic mass is 10.0. The predicted octanol–water partition coefficient (Wildman–Crippen LogP) is 5.20. The van der Waals surface area contributed by atoms with Crippen LogP contribution in [0.3, 0.4) is 0 Å². The van der Waals surface area contributed by atoms with E-state index >= 15 is 0 Å². The molecule has 2 unspecified atom stereocenters. The Morgan fingerprint density at radius 2 is 1.75 bits per heavy atom. The fraction of sp³-hybridized carbons (Fsp3) is 0.280. The molecule has 1 aliphatic heterocycles. The molecule has 0 spiro atoms. The second-order valence-corrected chi connectivity index (χ2v) is 8.84. The standard InChI is InChI=1S/C25H26FN3O2S/c1-3-21(18-7-5-4-6-8-18)28-24(30)20-13-22(29-15-32-14-23(20)29)25(31)27-16(2)17-9-11-19(26)12-10-17/h4-13,16,21H,3,14-15H2,1-2H3,(H,27,31)(H,28,30). The van der Waals surface area contributed by atoms with Crippen LogP contribution < -0.4 is 10.6 Å². The minimum Gasteiger partial charge on any atom is -0.345 e. The summed E-state index contributed by atoms with van der Waals surface area (Å²) in [6.07, 6.45) is 0.767. The van der Waals surface area contributed by atoms with Gasteiger partial charge in [0.15, 0.2) is 0 Å². The molecule has 2 atom stereocenters. The zero-order chi connectivity index (χ0) is 22.7. The Hall–Kier alpha value is -3.06. The second-order valence-electron chi connectivity index (χ2n) is 7.89. The summed E-state index contributed by atoms with van der Waals surface area (Å²) in [5.74, 6) is 0.584. The molecule has 2 aromatic carbocycles. The molecule has 2 heterocycles. The molecular weight excluding hydrogens is 425 g/mol. The summed E-state index contributed by atoms with van der Waals surface area (Å²) < 4.78 is 15.1. The number of benzene rings is 2. The molecule has 1 aromatic heterocycles. The van der Waals surface area contributed by atoms with Crippen molar-refractivity contribution in [2.24, 2.45) is 0 Å². The molecule has 2 N–H and O–H groups in total. The molecule has 2 amide bonds. The summed E-state index contributed by atoms with van der Waals surface area (Å²) in [6, 6.07) is 17.3. The molecule has 4 rings (SSSR count). The molecule has 3 aromatic rings. The van der Waals surface area contributed by atoms with Crippen molar-refractivity contribution in [1.29, 1.82) is 0 Å². The fourth-order valence-corrected chi connectivity index (χ4v) is 5.03. The lowest BCUT2D eigenvalue weighted by Gasteiger charge is -2.17. The van der Waals surface area contributed by atoms with Gasteiger partial charge in [-0.05, 0) is 42.7 Å². The molecule has 0 saturated heterocycles. The zero-order valence-corrected chi connectivity index (χ0v) is 18.9. The van der Waals surface area contributed by atoms with Crippen LogP contribution in [-0.4, -0.2) is 16.4 Å². The number of hydrogen-bond donors (Lipinski definition) is 2. The van der Waals surface area contributed by atoms with Crippen LogP contribution in [-0.2, 0) is 11.6 Å². The van der Waals surface area contributed by atoms with E-state index in [2.05, 4.69) is 10.6 Å². The summed E-state index contributed by atoms with van der Waals surface area (Å²) in [7, 11) is 0. The van der Waals surface area contributed by atoms with Crippen LogP contribution in [0.1, 0.15) is 70.0 Å². The van der Waals surface area contributed by atoms with Gasteiger partial charge in [0.1, 0.15) is 11.5 Å². The van der Waals surface area contributed by atoms with Crippen LogP contribution in [0, 0.1) is 5.82 Å². The number of hydrogen-bond acceptors (Lipinski definition) is 3. The maximum Gasteiger partial charge on any atom is 0.268 e. The lowest BCUT2D eigenvalue weighted by molar-refractivity contribution is 0.0927. The molecule has 166 valence electrons. The van der Waals surface area contributed by atoms with Gasteiger partial charge in [-0.15, -0.1) is 11.8 Å². The van der Waals surface area contributed by atoms with Crippen molar-refractivity contribution in [1.82, 2.24) is 15.2 Å². The van der Waals surface area contributed by atoms with Gasteiger partial charge in [-0.1, -0.05) is 49.4 Å². The van der Waals surface area contributed by atoms with Gasteiger partial charge in [-0.2, -0.15) is 0 Å². The van der Waals surface area contributed by atoms with Gasteiger partial charge in [-0.3, -0.25) is 9.59 Å². The highest BCUT2D eigenvalue weighted by atomic mass is 32.2. The fourth-order valence-electron chi connectivity index (χ4n) is 3.96. The molecular formula is C25H26FN3O2S. The maximum absolute atomic E-state index is 13.2. The largest absolute Gasteiger partial charge is 0.345 e. The number of carbonyl (C=O) groups excluding carboxylic acids is 2. The van der Waals surface area contributed by atoms with E-state index in [-0.39, 0.29) is 29.7 Å². The Morgan fingerprint density at radius 3 is 2.44 bits per heavy atom. The summed E-state index contributed by atoms with van der Waals surface area (Å²) in [4.78, 5) is 26.2. The Bertz CT molecular complexity index is 1110. The van der Waals surface area contributed by atoms with E-state index in [1.54, 1.807) is 30.0 Å². The van der Waals surface area contributed by atoms with Crippen molar-refractivity contribution in [2.75, 3.05) is 0 Å². The predicted molar refractivity (Wildman–Crippen MR) is 125 cm³/mol. The summed E-state index contributed by atoms with van der Waals surface area (Å²) in [5.41, 5.74) is 3.75. The molecule has 32 heavy (non-hydrogen) atoms. The van der Waals surface area contributed by atoms with E-state index < -0.39 is 0 Å². The third kappa shape index (κ3) is 4.58. The number of rotatable bonds is 7. The Labute approximate surface area is 191 Å². The smallest absolute Gasteiger partial charge is 0.268 e. The molecule has 0 bridgehead atoms. The van der Waals surface area contributed by atoms with Gasteiger partial charge in [0.2, 0.25) is 0 Å². The van der Waals surface area contributed by atoms with Crippen LogP contribution in [0.15, 0.2) is 60.7 Å². The minimum atomic E-state index is -0.315. The van der Waals surface area contributed by atoms with Crippen LogP contribution in [0.2, 0.25) is 0 Å². The van der Waals surface area contributed by atoms with E-state index in [4.69, 9.17) is 0 Å². The summed E-state index contributed by atoms with van der Waals surface area (Å²) in [5, 5.41) is 6.09. The number of fused-ring (bicyclic) bond motifs is 1. The van der Waals surface area contributed by atoms with Gasteiger partial charge in [0.25, 0.3) is 11.8 Å². The first kappa shape index (κ1) is 22.1. The summed E-state index contributed by atoms with van der Waals surface area (Å²) >= 11 is 1.67. The summed E-state index contributed by atoms with van der Waals surface area (Å²) in [6.45, 7) is 3.89. The maximum atomic E-state index is 13.2. The molecule has 5 nitrogen and oxygen atoms in total. The molecule has 1 aliphatic rings. The Balaban J connectivity index is 1.53. The normalized spacial score (nSPS) is 14.5. The SMILES string of the molecule is CCC(NC(=O)c1cc(C(=O)NC(C)c2ccc(F)cc2)n2c1CSC2)c1ccccc1. The van der Waals surface area contributed by atoms with Crippen molar-refractivity contribution in [3.63, 3.8) is 0 Å². The number of carbonyl (C=O) groups is 2. The monoisotopic (exact) mass is 451 g/mol. The van der Waals surface area contributed by atoms with Crippen LogP contribution in [0.5, 0.6) is 0 Å². The first-order valence-electron chi connectivity index (χ1n) is 10.7. The van der Waals surface area contributed by atoms with Gasteiger partial charge in [-0.25, -0.2) is 4.39 Å². The van der Waals surface area contributed by atoms with Crippen LogP contribution in [0.4, 0.5) is 4.39 Å². The second kappa shape index (κ2) is 9.61. The van der Waals surface area contributed by atoms with E-state index in [0.29, 0.717) is 22.9 Å². The quantitative estimate of drug-likeness (QED) is 0.519. The average molecular weight is 452 g/mol. The highest BCUT2D eigenvalue weighted by molar-refractivity contribution is 7.97. The molecule has 0 radical (unpaired) electrons. The topological polar surface area (TPSA) is 63.1 Å². The third-order valence-electron chi connectivity index (χ3n) is 5.78. The molecule has 0 saturated carbocycles. The van der Waals surface area contributed by atoms with E-state index in [9.17, 15) is 14.0 Å². The zero-order valence-electron chi connectivity index (χ0n) is 18.1. The molecule has 0 aliphatic carbocycles. The molecule has 7 heteroatoms. The Kier molecular flexibility index (Phi) is 6.65. The van der Waals surface area contributed by atoms with Crippen LogP contribution >= 0.6 is 11.8 Å². The average Bonchev–Trinajstić information content (AvgIpc) is 3.41. The highest BCUT2D eigenvalue weighted by Gasteiger charge is 2.28. The van der Waals surface area contributed by atoms with E-state index in [1.165, 1.54) is 12.1 Å². The van der Waals surface area contributed by atoms with Crippen LogP contribution in [0.25, 0.3) is 0 Å². The number of nitrogens with one attached hydrogen (secondary N) is 2. The first-order valence-corrected chi connectivity index (χ1v) is 11.9. The van der Waals surface area contributed by atoms with E-state index in [1.807, 2.05) is 48.7 Å². The van der Waals surface area contributed by atoms with Crippen molar-refractivity contribution < 1.29 is 14.0 Å². The highest BCUT2D eigenvalue weighted by Crippen LogP contribution is 2.31. The van der Waals surface area contributed by atoms with Gasteiger partial charge >= 0.3 is 0 Å². The lowest BCUT2D eigenvalue weighted by Crippen LogP contribution is -2.28. The molecule has 0 fully saturated rings. The Morgan fingerprint density at radius 1 is 1.03 bits per heavy atom. The number of amides is 2. The third-order valence-corrected chi connectivity index (χ3v) is 6.70. The van der Waals surface area contributed by atoms with Crippen molar-refractivity contribution in [2.45, 2.75) is 44.0 Å². The minimum absolute atomic E-state index is 0.0934. The van der Waals surface area contributed by atoms with Crippen molar-refractivity contribution in [3.05, 3.63) is 94.6 Å². The van der Waals surface area contributed by atoms with Gasteiger partial charge in [0.05, 0.1) is 23.5 Å². The number of aromatic nitrogens is 1. The number of halogens is 1. The van der Waals surface area contributed by atoms with Gasteiger partial charge < -0.3 is 15.2 Å². The number of nitrogens with zero attached hydrogens (tertiary/aromatic N) is 1. The van der Waals surface area contributed by atoms with E-state index in [0.717, 1.165) is 23.2 Å².